The molecule has 0 aliphatic rings. The zero-order valence-corrected chi connectivity index (χ0v) is 15.8. The molecule has 3 heteroatoms. The molecule has 0 spiro atoms. The van der Waals surface area contributed by atoms with Crippen LogP contribution in [-0.2, 0) is 4.12 Å². The van der Waals surface area contributed by atoms with Gasteiger partial charge in [-0.2, -0.15) is 0 Å². The third kappa shape index (κ3) is 10.0. The quantitative estimate of drug-likeness (QED) is 0.615. The molecular weight excluding hydrogens is 240 g/mol. The van der Waals surface area contributed by atoms with E-state index >= 15 is 0 Å². The normalized spacial score (nSPS) is 15.2. The Morgan fingerprint density at radius 2 is 0.882 bits per heavy atom. The van der Waals surface area contributed by atoms with E-state index in [1.54, 1.807) is 0 Å². The minimum atomic E-state index is -1.51. The Morgan fingerprint density at radius 3 is 1.06 bits per heavy atom. The van der Waals surface area contributed by atoms with E-state index in [1.165, 1.54) is 12.1 Å². The fourth-order valence-corrected chi connectivity index (χ4v) is 15.0. The van der Waals surface area contributed by atoms with Gasteiger partial charge in [-0.1, -0.05) is 41.5 Å². The number of hydrogen-bond donors (Lipinski definition) is 0. The van der Waals surface area contributed by atoms with Gasteiger partial charge in [0.2, 0.25) is 0 Å². The first-order chi connectivity index (χ1) is 7.12. The first-order valence-corrected chi connectivity index (χ1v) is 13.1. The molecule has 0 N–H and O–H groups in total. The van der Waals surface area contributed by atoms with Crippen molar-refractivity contribution in [3.8, 4) is 0 Å². The lowest BCUT2D eigenvalue weighted by atomic mass is 10.0. The Hall–Kier alpha value is 0.394. The molecule has 1 nitrogen and oxygen atoms in total. The number of rotatable bonds is 4. The second-order valence-corrected chi connectivity index (χ2v) is 17.7. The van der Waals surface area contributed by atoms with Crippen LogP contribution in [0.25, 0.3) is 0 Å². The molecule has 104 valence electrons. The molecule has 0 aromatic carbocycles. The van der Waals surface area contributed by atoms with Crippen LogP contribution in [0.15, 0.2) is 0 Å². The van der Waals surface area contributed by atoms with Gasteiger partial charge in [-0.3, -0.25) is 0 Å². The van der Waals surface area contributed by atoms with E-state index in [-0.39, 0.29) is 0 Å². The van der Waals surface area contributed by atoms with E-state index in [9.17, 15) is 0 Å². The highest BCUT2D eigenvalue weighted by Gasteiger charge is 2.37. The van der Waals surface area contributed by atoms with Gasteiger partial charge in [0, 0.05) is 0 Å². The van der Waals surface area contributed by atoms with Crippen molar-refractivity contribution in [2.75, 3.05) is 0 Å². The summed E-state index contributed by atoms with van der Waals surface area (Å²) in [5.74, 6) is 0. The summed E-state index contributed by atoms with van der Waals surface area (Å²) >= 11 is 0. The molecule has 0 atom stereocenters. The highest BCUT2D eigenvalue weighted by Crippen LogP contribution is 2.34. The van der Waals surface area contributed by atoms with Gasteiger partial charge < -0.3 is 4.12 Å². The predicted octanol–water partition coefficient (Wildman–Crippen LogP) is 5.51. The monoisotopic (exact) mass is 274 g/mol. The summed E-state index contributed by atoms with van der Waals surface area (Å²) in [5, 5.41) is 0. The van der Waals surface area contributed by atoms with Crippen LogP contribution >= 0.6 is 0 Å². The molecule has 0 heterocycles. The second kappa shape index (κ2) is 5.18. The molecule has 0 aliphatic carbocycles. The Morgan fingerprint density at radius 1 is 0.647 bits per heavy atom. The van der Waals surface area contributed by atoms with Crippen molar-refractivity contribution in [1.29, 1.82) is 0 Å². The maximum absolute atomic E-state index is 6.66. The Labute approximate surface area is 112 Å². The maximum atomic E-state index is 6.66. The van der Waals surface area contributed by atoms with Crippen molar-refractivity contribution in [3.05, 3.63) is 0 Å². The third-order valence-corrected chi connectivity index (χ3v) is 10.7. The van der Waals surface area contributed by atoms with E-state index in [0.29, 0.717) is 10.8 Å². The molecule has 0 bridgehead atoms. The van der Waals surface area contributed by atoms with Crippen molar-refractivity contribution in [2.45, 2.75) is 79.8 Å². The summed E-state index contributed by atoms with van der Waals surface area (Å²) < 4.78 is 6.66. The highest BCUT2D eigenvalue weighted by molar-refractivity contribution is 6.85. The van der Waals surface area contributed by atoms with Gasteiger partial charge in [0.15, 0.2) is 16.6 Å². The maximum Gasteiger partial charge on any atom is 0.173 e. The lowest BCUT2D eigenvalue weighted by Gasteiger charge is -2.40. The Balaban J connectivity index is 4.59. The highest BCUT2D eigenvalue weighted by atomic mass is 28.4. The van der Waals surface area contributed by atoms with Crippen molar-refractivity contribution in [2.24, 2.45) is 10.8 Å². The molecular formula is C14H34OSi2. The van der Waals surface area contributed by atoms with Crippen LogP contribution in [0.2, 0.25) is 38.3 Å². The van der Waals surface area contributed by atoms with Gasteiger partial charge in [0.05, 0.1) is 0 Å². The van der Waals surface area contributed by atoms with Gasteiger partial charge in [-0.05, 0) is 49.1 Å². The molecule has 0 amide bonds. The van der Waals surface area contributed by atoms with Crippen LogP contribution in [0.1, 0.15) is 41.5 Å². The fourth-order valence-electron chi connectivity index (χ4n) is 3.37. The smallest absolute Gasteiger partial charge is 0.173 e. The summed E-state index contributed by atoms with van der Waals surface area (Å²) in [4.78, 5) is 0. The largest absolute Gasteiger partial charge is 0.455 e. The lowest BCUT2D eigenvalue weighted by Crippen LogP contribution is -2.47. The summed E-state index contributed by atoms with van der Waals surface area (Å²) in [7, 11) is -3.02. The standard InChI is InChI=1S/C14H34OSi2/c1-13(2,3)11-16(7,8)15-17(9,10)12-14(4,5)6/h11-12H2,1-10H3. The van der Waals surface area contributed by atoms with Gasteiger partial charge in [0.25, 0.3) is 0 Å². The van der Waals surface area contributed by atoms with E-state index in [0.717, 1.165) is 0 Å². The predicted molar refractivity (Wildman–Crippen MR) is 84.6 cm³/mol. The summed E-state index contributed by atoms with van der Waals surface area (Å²) in [5.41, 5.74) is 0.782. The van der Waals surface area contributed by atoms with Crippen molar-refractivity contribution in [1.82, 2.24) is 0 Å². The van der Waals surface area contributed by atoms with E-state index < -0.39 is 16.6 Å². The zero-order chi connectivity index (χ0) is 14.1. The van der Waals surface area contributed by atoms with Crippen LogP contribution < -0.4 is 0 Å². The first kappa shape index (κ1) is 17.4. The second-order valence-electron chi connectivity index (χ2n) is 9.10. The number of hydrogen-bond acceptors (Lipinski definition) is 1. The molecule has 0 rings (SSSR count). The Kier molecular flexibility index (Phi) is 5.30. The molecule has 0 fully saturated rings. The van der Waals surface area contributed by atoms with Gasteiger partial charge >= 0.3 is 0 Å². The zero-order valence-electron chi connectivity index (χ0n) is 13.8. The van der Waals surface area contributed by atoms with Gasteiger partial charge in [-0.15, -0.1) is 0 Å². The topological polar surface area (TPSA) is 9.23 Å². The molecule has 0 saturated heterocycles. The summed E-state index contributed by atoms with van der Waals surface area (Å²) in [6, 6.07) is 2.50. The first-order valence-electron chi connectivity index (χ1n) is 6.82. The third-order valence-electron chi connectivity index (χ3n) is 2.46. The molecule has 0 radical (unpaired) electrons. The Bertz CT molecular complexity index is 218. The fraction of sp³-hybridized carbons (Fsp3) is 1.00. The minimum Gasteiger partial charge on any atom is -0.455 e. The molecule has 0 aromatic rings. The van der Waals surface area contributed by atoms with E-state index in [4.69, 9.17) is 4.12 Å². The summed E-state index contributed by atoms with van der Waals surface area (Å²) in [6.45, 7) is 23.5. The van der Waals surface area contributed by atoms with Crippen molar-refractivity contribution in [3.63, 3.8) is 0 Å². The van der Waals surface area contributed by atoms with E-state index in [1.807, 2.05) is 0 Å². The molecule has 0 aliphatic heterocycles. The lowest BCUT2D eigenvalue weighted by molar-refractivity contribution is 0.403. The molecule has 17 heavy (non-hydrogen) atoms. The van der Waals surface area contributed by atoms with Crippen LogP contribution in [0, 0.1) is 10.8 Å². The van der Waals surface area contributed by atoms with E-state index in [2.05, 4.69) is 67.7 Å². The average Bonchev–Trinajstić information content (AvgIpc) is 1.65. The van der Waals surface area contributed by atoms with Crippen molar-refractivity contribution >= 4 is 16.6 Å². The van der Waals surface area contributed by atoms with Crippen LogP contribution in [0.5, 0.6) is 0 Å². The van der Waals surface area contributed by atoms with Gasteiger partial charge in [-0.25, -0.2) is 0 Å². The van der Waals surface area contributed by atoms with Crippen LogP contribution in [-0.4, -0.2) is 16.6 Å². The molecule has 0 aromatic heterocycles. The SMILES string of the molecule is CC(C)(C)C[Si](C)(C)O[Si](C)(C)CC(C)(C)C. The van der Waals surface area contributed by atoms with Crippen molar-refractivity contribution < 1.29 is 4.12 Å². The average molecular weight is 275 g/mol. The molecule has 0 saturated carbocycles. The molecule has 0 unspecified atom stereocenters. The van der Waals surface area contributed by atoms with Crippen LogP contribution in [0.4, 0.5) is 0 Å². The van der Waals surface area contributed by atoms with Gasteiger partial charge in [0.1, 0.15) is 0 Å². The minimum absolute atomic E-state index is 0.391. The van der Waals surface area contributed by atoms with Crippen LogP contribution in [0.3, 0.4) is 0 Å². The summed E-state index contributed by atoms with van der Waals surface area (Å²) in [6.07, 6.45) is 0.